The van der Waals surface area contributed by atoms with Crippen LogP contribution in [0.25, 0.3) is 17.4 Å². The van der Waals surface area contributed by atoms with Gasteiger partial charge in [0.2, 0.25) is 0 Å². The van der Waals surface area contributed by atoms with Crippen molar-refractivity contribution in [2.24, 2.45) is 5.92 Å². The molecule has 1 aromatic carbocycles. The number of fused-ring (bicyclic) bond motifs is 1. The predicted octanol–water partition coefficient (Wildman–Crippen LogP) is 7.92. The first-order valence-corrected chi connectivity index (χ1v) is 13.5. The molecule has 6 nitrogen and oxygen atoms in total. The number of rotatable bonds is 7. The van der Waals surface area contributed by atoms with Gasteiger partial charge in [-0.2, -0.15) is 18.4 Å². The molecule has 0 radical (unpaired) electrons. The number of thiophene rings is 1. The second kappa shape index (κ2) is 11.7. The Labute approximate surface area is 232 Å². The molecule has 11 heteroatoms. The maximum atomic E-state index is 13.1. The number of ether oxygens (including phenoxy) is 1. The standard InChI is InChI=1S/C28H24ClF3N2O4S/c1-3-15-5-8-19-23(11-15)39-26(24(19)27(36)37-4-2)34-25(35)16(14-33)12-18-7-10-22(38-18)20-13-17(28(30,31)32)6-9-21(20)29/h6-7,9-10,12-13,15H,3-5,8,11H2,1-2H3,(H,34,35)/b16-12+. The molecule has 1 aliphatic carbocycles. The number of benzene rings is 1. The fraction of sp³-hybridized carbons (Fsp3) is 0.321. The lowest BCUT2D eigenvalue weighted by atomic mass is 9.85. The van der Waals surface area contributed by atoms with Gasteiger partial charge in [-0.05, 0) is 68.0 Å². The number of amides is 1. The molecule has 2 aromatic heterocycles. The van der Waals surface area contributed by atoms with Crippen LogP contribution >= 0.6 is 22.9 Å². The first-order chi connectivity index (χ1) is 18.5. The molecule has 3 aromatic rings. The van der Waals surface area contributed by atoms with E-state index in [0.717, 1.165) is 47.9 Å². The van der Waals surface area contributed by atoms with Crippen LogP contribution in [0.4, 0.5) is 18.2 Å². The lowest BCUT2D eigenvalue weighted by molar-refractivity contribution is -0.137. The highest BCUT2D eigenvalue weighted by molar-refractivity contribution is 7.17. The molecule has 2 heterocycles. The van der Waals surface area contributed by atoms with Crippen LogP contribution in [-0.2, 0) is 28.5 Å². The fourth-order valence-corrected chi connectivity index (χ4v) is 5.99. The Kier molecular flexibility index (Phi) is 8.52. The minimum atomic E-state index is -4.57. The topological polar surface area (TPSA) is 92.3 Å². The SMILES string of the molecule is CCOC(=O)c1c(NC(=O)/C(C#N)=C/c2ccc(-c3cc(C(F)(F)F)ccc3Cl)o2)sc2c1CCC(CC)C2. The molecule has 1 amide bonds. The highest BCUT2D eigenvalue weighted by Gasteiger charge is 2.32. The highest BCUT2D eigenvalue weighted by atomic mass is 35.5. The molecule has 1 N–H and O–H groups in total. The summed E-state index contributed by atoms with van der Waals surface area (Å²) in [6, 6.07) is 7.48. The van der Waals surface area contributed by atoms with Crippen molar-refractivity contribution in [3.8, 4) is 17.4 Å². The van der Waals surface area contributed by atoms with Gasteiger partial charge >= 0.3 is 12.1 Å². The molecular formula is C28H24ClF3N2O4S. The zero-order valence-corrected chi connectivity index (χ0v) is 22.6. The number of hydrogen-bond acceptors (Lipinski definition) is 6. The van der Waals surface area contributed by atoms with Crippen LogP contribution in [0.5, 0.6) is 0 Å². The molecule has 0 saturated heterocycles. The number of halogens is 4. The molecule has 0 fully saturated rings. The van der Waals surface area contributed by atoms with Crippen molar-refractivity contribution < 1.29 is 31.9 Å². The van der Waals surface area contributed by atoms with Crippen LogP contribution < -0.4 is 5.32 Å². The van der Waals surface area contributed by atoms with E-state index in [1.165, 1.54) is 29.5 Å². The molecule has 39 heavy (non-hydrogen) atoms. The molecule has 0 bridgehead atoms. The third-order valence-electron chi connectivity index (χ3n) is 6.49. The van der Waals surface area contributed by atoms with E-state index in [1.54, 1.807) is 6.92 Å². The van der Waals surface area contributed by atoms with Crippen LogP contribution in [0.2, 0.25) is 5.02 Å². The number of nitrogens with one attached hydrogen (secondary N) is 1. The van der Waals surface area contributed by atoms with E-state index in [1.807, 2.05) is 6.07 Å². The number of furan rings is 1. The molecule has 204 valence electrons. The van der Waals surface area contributed by atoms with E-state index in [0.29, 0.717) is 22.9 Å². The van der Waals surface area contributed by atoms with E-state index in [-0.39, 0.29) is 34.3 Å². The lowest BCUT2D eigenvalue weighted by Crippen LogP contribution is -2.17. The van der Waals surface area contributed by atoms with Gasteiger partial charge in [0.25, 0.3) is 5.91 Å². The number of alkyl halides is 3. The molecule has 1 atom stereocenters. The predicted molar refractivity (Wildman–Crippen MR) is 142 cm³/mol. The summed E-state index contributed by atoms with van der Waals surface area (Å²) >= 11 is 7.40. The largest absolute Gasteiger partial charge is 0.462 e. The average Bonchev–Trinajstić information content (AvgIpc) is 3.50. The Hall–Kier alpha value is -3.55. The Bertz CT molecular complexity index is 1480. The van der Waals surface area contributed by atoms with Crippen LogP contribution in [0, 0.1) is 17.2 Å². The van der Waals surface area contributed by atoms with Gasteiger partial charge < -0.3 is 14.5 Å². The fourth-order valence-electron chi connectivity index (χ4n) is 4.44. The number of anilines is 1. The molecule has 1 aliphatic rings. The van der Waals surface area contributed by atoms with Crippen LogP contribution in [0.15, 0.2) is 40.3 Å². The number of nitrogens with zero attached hydrogens (tertiary/aromatic N) is 1. The van der Waals surface area contributed by atoms with Crippen LogP contribution in [-0.4, -0.2) is 18.5 Å². The van der Waals surface area contributed by atoms with Crippen molar-refractivity contribution in [3.63, 3.8) is 0 Å². The van der Waals surface area contributed by atoms with E-state index in [2.05, 4.69) is 12.2 Å². The van der Waals surface area contributed by atoms with Crippen molar-refractivity contribution in [2.75, 3.05) is 11.9 Å². The summed E-state index contributed by atoms with van der Waals surface area (Å²) in [6.45, 7) is 3.99. The number of hydrogen-bond donors (Lipinski definition) is 1. The summed E-state index contributed by atoms with van der Waals surface area (Å²) < 4.78 is 50.3. The van der Waals surface area contributed by atoms with Gasteiger partial charge in [-0.25, -0.2) is 4.79 Å². The zero-order chi connectivity index (χ0) is 28.3. The van der Waals surface area contributed by atoms with Crippen molar-refractivity contribution >= 4 is 45.9 Å². The summed E-state index contributed by atoms with van der Waals surface area (Å²) in [5.74, 6) is -0.703. The highest BCUT2D eigenvalue weighted by Crippen LogP contribution is 2.41. The molecule has 4 rings (SSSR count). The second-order valence-corrected chi connectivity index (χ2v) is 10.5. The van der Waals surface area contributed by atoms with Gasteiger partial charge in [-0.15, -0.1) is 11.3 Å². The van der Waals surface area contributed by atoms with Crippen molar-refractivity contribution in [1.82, 2.24) is 0 Å². The first-order valence-electron chi connectivity index (χ1n) is 12.3. The molecule has 0 spiro atoms. The van der Waals surface area contributed by atoms with Crippen LogP contribution in [0.3, 0.4) is 0 Å². The summed E-state index contributed by atoms with van der Waals surface area (Å²) in [6.07, 6.45) is 0.0359. The van der Waals surface area contributed by atoms with Crippen molar-refractivity contribution in [2.45, 2.75) is 45.7 Å². The van der Waals surface area contributed by atoms with Crippen molar-refractivity contribution in [3.05, 3.63) is 68.3 Å². The van der Waals surface area contributed by atoms with Crippen molar-refractivity contribution in [1.29, 1.82) is 5.26 Å². The normalized spacial score (nSPS) is 15.4. The smallest absolute Gasteiger partial charge is 0.416 e. The van der Waals surface area contributed by atoms with Crippen LogP contribution in [0.1, 0.15) is 58.8 Å². The van der Waals surface area contributed by atoms with Gasteiger partial charge in [0.15, 0.2) is 0 Å². The molecule has 0 saturated carbocycles. The summed E-state index contributed by atoms with van der Waals surface area (Å²) in [5, 5.41) is 12.7. The lowest BCUT2D eigenvalue weighted by Gasteiger charge is -2.20. The number of carbonyl (C=O) groups excluding carboxylic acids is 2. The zero-order valence-electron chi connectivity index (χ0n) is 21.1. The Balaban J connectivity index is 1.61. The average molecular weight is 577 g/mol. The third kappa shape index (κ3) is 6.21. The van der Waals surface area contributed by atoms with E-state index >= 15 is 0 Å². The van der Waals surface area contributed by atoms with E-state index in [4.69, 9.17) is 20.8 Å². The number of nitriles is 1. The maximum absolute atomic E-state index is 13.1. The quantitative estimate of drug-likeness (QED) is 0.175. The second-order valence-electron chi connectivity index (χ2n) is 8.96. The van der Waals surface area contributed by atoms with E-state index < -0.39 is 23.6 Å². The number of carbonyl (C=O) groups is 2. The minimum absolute atomic E-state index is 0.0164. The van der Waals surface area contributed by atoms with Gasteiger partial charge in [0, 0.05) is 16.5 Å². The first kappa shape index (κ1) is 28.5. The van der Waals surface area contributed by atoms with Gasteiger partial charge in [0.1, 0.15) is 28.2 Å². The Morgan fingerprint density at radius 1 is 1.28 bits per heavy atom. The van der Waals surface area contributed by atoms with E-state index in [9.17, 15) is 28.0 Å². The number of esters is 1. The molecule has 1 unspecified atom stereocenters. The Morgan fingerprint density at radius 2 is 2.05 bits per heavy atom. The summed E-state index contributed by atoms with van der Waals surface area (Å²) in [4.78, 5) is 26.9. The maximum Gasteiger partial charge on any atom is 0.416 e. The summed E-state index contributed by atoms with van der Waals surface area (Å²) in [7, 11) is 0. The van der Waals surface area contributed by atoms with Gasteiger partial charge in [-0.3, -0.25) is 4.79 Å². The van der Waals surface area contributed by atoms with Gasteiger partial charge in [0.05, 0.1) is 22.8 Å². The molecular weight excluding hydrogens is 553 g/mol. The molecule has 0 aliphatic heterocycles. The monoisotopic (exact) mass is 576 g/mol. The third-order valence-corrected chi connectivity index (χ3v) is 7.99. The van der Waals surface area contributed by atoms with Gasteiger partial charge in [-0.1, -0.05) is 24.9 Å². The minimum Gasteiger partial charge on any atom is -0.462 e. The summed E-state index contributed by atoms with van der Waals surface area (Å²) in [5.41, 5.74) is -0.0127. The Morgan fingerprint density at radius 3 is 2.72 bits per heavy atom.